The van der Waals surface area contributed by atoms with Crippen molar-refractivity contribution in [2.24, 2.45) is 5.41 Å². The number of nitrogens with zero attached hydrogens (tertiary/aromatic N) is 1. The number of fused-ring (bicyclic) bond motifs is 2. The van der Waals surface area contributed by atoms with Gasteiger partial charge in [-0.05, 0) is 19.1 Å². The Morgan fingerprint density at radius 3 is 3.17 bits per heavy atom. The van der Waals surface area contributed by atoms with Crippen molar-refractivity contribution in [2.75, 3.05) is 23.8 Å². The van der Waals surface area contributed by atoms with E-state index in [2.05, 4.69) is 16.7 Å². The average molecular weight is 243 g/mol. The summed E-state index contributed by atoms with van der Waals surface area (Å²) in [5, 5.41) is 15.2. The molecule has 1 fully saturated rings. The highest BCUT2D eigenvalue weighted by Crippen LogP contribution is 2.38. The summed E-state index contributed by atoms with van der Waals surface area (Å²) in [6.07, 6.45) is 0. The van der Waals surface area contributed by atoms with Gasteiger partial charge in [-0.15, -0.1) is 0 Å². The molecule has 2 aliphatic rings. The van der Waals surface area contributed by atoms with Crippen LogP contribution in [0.2, 0.25) is 0 Å². The smallest absolute Gasteiger partial charge is 0.234 e. The second-order valence-electron chi connectivity index (χ2n) is 4.92. The topological polar surface area (TPSA) is 74.2 Å². The van der Waals surface area contributed by atoms with Crippen molar-refractivity contribution >= 4 is 17.3 Å². The monoisotopic (exact) mass is 243 g/mol. The predicted molar refractivity (Wildman–Crippen MR) is 66.1 cm³/mol. The minimum absolute atomic E-state index is 0.0623. The molecule has 2 unspecified atom stereocenters. The van der Waals surface area contributed by atoms with E-state index in [0.717, 1.165) is 5.69 Å². The Morgan fingerprint density at radius 1 is 1.56 bits per heavy atom. The highest BCUT2D eigenvalue weighted by atomic mass is 16.5. The average Bonchev–Trinajstić information content (AvgIpc) is 2.69. The van der Waals surface area contributed by atoms with Gasteiger partial charge in [-0.2, -0.15) is 5.26 Å². The molecule has 2 heterocycles. The van der Waals surface area contributed by atoms with Gasteiger partial charge in [-0.1, -0.05) is 6.07 Å². The van der Waals surface area contributed by atoms with E-state index in [9.17, 15) is 4.79 Å². The quantitative estimate of drug-likeness (QED) is 0.720. The van der Waals surface area contributed by atoms with Gasteiger partial charge in [-0.25, -0.2) is 0 Å². The molecule has 1 aromatic carbocycles. The normalized spacial score (nSPS) is 29.3. The molecule has 1 saturated heterocycles. The lowest BCUT2D eigenvalue weighted by Crippen LogP contribution is -2.44. The van der Waals surface area contributed by atoms with Crippen LogP contribution in [0.3, 0.4) is 0 Å². The lowest BCUT2D eigenvalue weighted by atomic mass is 9.84. The maximum absolute atomic E-state index is 12.3. The second-order valence-corrected chi connectivity index (χ2v) is 4.92. The van der Waals surface area contributed by atoms with Crippen LogP contribution < -0.4 is 10.6 Å². The summed E-state index contributed by atoms with van der Waals surface area (Å²) in [4.78, 5) is 12.3. The minimum Gasteiger partial charge on any atom is -0.378 e. The number of rotatable bonds is 0. The van der Waals surface area contributed by atoms with Crippen molar-refractivity contribution in [1.82, 2.24) is 0 Å². The first-order valence-corrected chi connectivity index (χ1v) is 5.84. The van der Waals surface area contributed by atoms with Crippen LogP contribution in [0.1, 0.15) is 12.5 Å². The van der Waals surface area contributed by atoms with Crippen LogP contribution in [-0.4, -0.2) is 25.2 Å². The van der Waals surface area contributed by atoms with Gasteiger partial charge in [0.15, 0.2) is 0 Å². The Kier molecular flexibility index (Phi) is 2.28. The molecule has 0 bridgehead atoms. The number of ether oxygens (including phenoxy) is 1. The predicted octanol–water partition coefficient (Wildman–Crippen LogP) is 1.33. The number of carbonyl (C=O) groups excluding carboxylic acids is 1. The van der Waals surface area contributed by atoms with Crippen LogP contribution in [0.4, 0.5) is 11.4 Å². The van der Waals surface area contributed by atoms with Gasteiger partial charge >= 0.3 is 0 Å². The number of nitriles is 1. The van der Waals surface area contributed by atoms with Gasteiger partial charge in [0.1, 0.15) is 6.07 Å². The first kappa shape index (κ1) is 11.1. The maximum Gasteiger partial charge on any atom is 0.234 e. The van der Waals surface area contributed by atoms with E-state index >= 15 is 0 Å². The van der Waals surface area contributed by atoms with Gasteiger partial charge in [0, 0.05) is 0 Å². The number of carbonyl (C=O) groups is 1. The Hall–Kier alpha value is -2.06. The Balaban J connectivity index is 2.11. The number of anilines is 2. The fourth-order valence-electron chi connectivity index (χ4n) is 2.44. The number of hydrogen-bond acceptors (Lipinski definition) is 4. The van der Waals surface area contributed by atoms with Gasteiger partial charge in [-0.3, -0.25) is 4.79 Å². The first-order valence-electron chi connectivity index (χ1n) is 5.84. The largest absolute Gasteiger partial charge is 0.378 e. The van der Waals surface area contributed by atoms with E-state index in [1.165, 1.54) is 0 Å². The SMILES string of the molecule is CC12COCC1Nc1cccc(C#N)c1NC2=O. The minimum atomic E-state index is -0.592. The van der Waals surface area contributed by atoms with Gasteiger partial charge in [0.2, 0.25) is 5.91 Å². The molecule has 92 valence electrons. The fraction of sp³-hybridized carbons (Fsp3) is 0.385. The molecule has 2 aliphatic heterocycles. The summed E-state index contributed by atoms with van der Waals surface area (Å²) >= 11 is 0. The zero-order valence-electron chi connectivity index (χ0n) is 9.99. The molecular formula is C13H13N3O2. The zero-order chi connectivity index (χ0) is 12.8. The fourth-order valence-corrected chi connectivity index (χ4v) is 2.44. The molecule has 5 heteroatoms. The molecule has 0 aliphatic carbocycles. The first-order chi connectivity index (χ1) is 8.65. The van der Waals surface area contributed by atoms with Crippen molar-refractivity contribution in [3.8, 4) is 6.07 Å². The third-order valence-corrected chi connectivity index (χ3v) is 3.73. The van der Waals surface area contributed by atoms with Crippen molar-refractivity contribution in [3.05, 3.63) is 23.8 Å². The molecule has 2 N–H and O–H groups in total. The third kappa shape index (κ3) is 1.39. The number of hydrogen-bond donors (Lipinski definition) is 2. The summed E-state index contributed by atoms with van der Waals surface area (Å²) in [7, 11) is 0. The van der Waals surface area contributed by atoms with Crippen molar-refractivity contribution < 1.29 is 9.53 Å². The van der Waals surface area contributed by atoms with Crippen LogP contribution in [0.5, 0.6) is 0 Å². The zero-order valence-corrected chi connectivity index (χ0v) is 9.99. The summed E-state index contributed by atoms with van der Waals surface area (Å²) in [5.74, 6) is -0.0982. The van der Waals surface area contributed by atoms with E-state index in [0.29, 0.717) is 24.5 Å². The molecule has 0 radical (unpaired) electrons. The van der Waals surface area contributed by atoms with Crippen molar-refractivity contribution in [1.29, 1.82) is 5.26 Å². The van der Waals surface area contributed by atoms with E-state index in [-0.39, 0.29) is 11.9 Å². The Morgan fingerprint density at radius 2 is 2.39 bits per heavy atom. The van der Waals surface area contributed by atoms with Crippen LogP contribution >= 0.6 is 0 Å². The van der Waals surface area contributed by atoms with Gasteiger partial charge < -0.3 is 15.4 Å². The molecule has 3 rings (SSSR count). The van der Waals surface area contributed by atoms with Crippen LogP contribution in [0, 0.1) is 16.7 Å². The summed E-state index contributed by atoms with van der Waals surface area (Å²) < 4.78 is 5.40. The number of para-hydroxylation sites is 1. The second kappa shape index (κ2) is 3.72. The molecule has 0 saturated carbocycles. The van der Waals surface area contributed by atoms with Gasteiger partial charge in [0.05, 0.1) is 41.6 Å². The highest BCUT2D eigenvalue weighted by Gasteiger charge is 2.48. The molecule has 5 nitrogen and oxygen atoms in total. The van der Waals surface area contributed by atoms with Crippen LogP contribution in [-0.2, 0) is 9.53 Å². The standard InChI is InChI=1S/C13H13N3O2/c1-13-7-18-6-10(13)15-9-4-2-3-8(5-14)11(9)16-12(13)17/h2-4,10,15H,6-7H2,1H3,(H,16,17). The number of amides is 1. The molecular weight excluding hydrogens is 230 g/mol. The van der Waals surface area contributed by atoms with E-state index in [1.54, 1.807) is 12.1 Å². The molecule has 1 amide bonds. The Labute approximate surface area is 105 Å². The lowest BCUT2D eigenvalue weighted by Gasteiger charge is -2.25. The van der Waals surface area contributed by atoms with Crippen LogP contribution in [0.15, 0.2) is 18.2 Å². The van der Waals surface area contributed by atoms with E-state index in [1.807, 2.05) is 13.0 Å². The third-order valence-electron chi connectivity index (χ3n) is 3.73. The van der Waals surface area contributed by atoms with E-state index < -0.39 is 5.41 Å². The van der Waals surface area contributed by atoms with E-state index in [4.69, 9.17) is 10.00 Å². The molecule has 0 spiro atoms. The lowest BCUT2D eigenvalue weighted by molar-refractivity contribution is -0.124. The summed E-state index contributed by atoms with van der Waals surface area (Å²) in [6, 6.07) is 7.39. The highest BCUT2D eigenvalue weighted by molar-refractivity contribution is 6.02. The summed E-state index contributed by atoms with van der Waals surface area (Å²) in [5.41, 5.74) is 1.23. The van der Waals surface area contributed by atoms with Crippen LogP contribution in [0.25, 0.3) is 0 Å². The molecule has 0 aromatic heterocycles. The Bertz CT molecular complexity index is 564. The maximum atomic E-state index is 12.3. The molecule has 2 atom stereocenters. The summed E-state index contributed by atoms with van der Waals surface area (Å²) in [6.45, 7) is 2.78. The van der Waals surface area contributed by atoms with Gasteiger partial charge in [0.25, 0.3) is 0 Å². The van der Waals surface area contributed by atoms with Crippen molar-refractivity contribution in [2.45, 2.75) is 13.0 Å². The molecule has 1 aromatic rings. The number of benzene rings is 1. The van der Waals surface area contributed by atoms with Crippen molar-refractivity contribution in [3.63, 3.8) is 0 Å². The number of nitrogens with one attached hydrogen (secondary N) is 2. The molecule has 18 heavy (non-hydrogen) atoms.